The number of thiazole rings is 1. The van der Waals surface area contributed by atoms with E-state index in [2.05, 4.69) is 17.1 Å². The number of nitrogens with zero attached hydrogens (tertiary/aromatic N) is 3. The molecule has 0 atom stereocenters. The Kier molecular flexibility index (Phi) is 5.60. The molecule has 0 radical (unpaired) electrons. The topological polar surface area (TPSA) is 64.6 Å². The van der Waals surface area contributed by atoms with Crippen molar-refractivity contribution in [1.29, 1.82) is 0 Å². The summed E-state index contributed by atoms with van der Waals surface area (Å²) in [6.45, 7) is 0.580. The van der Waals surface area contributed by atoms with Crippen molar-refractivity contribution >= 4 is 32.6 Å². The van der Waals surface area contributed by atoms with Crippen molar-refractivity contribution in [1.82, 2.24) is 9.97 Å². The van der Waals surface area contributed by atoms with Crippen molar-refractivity contribution in [2.75, 3.05) is 11.7 Å². The molecule has 0 saturated heterocycles. The van der Waals surface area contributed by atoms with E-state index in [0.717, 1.165) is 27.8 Å². The molecule has 6 rings (SSSR count). The van der Waals surface area contributed by atoms with Crippen LogP contribution in [0.2, 0.25) is 0 Å². The lowest BCUT2D eigenvalue weighted by atomic mass is 10.0. The highest BCUT2D eigenvalue weighted by atomic mass is 32.1. The molecule has 5 aromatic rings. The van der Waals surface area contributed by atoms with Crippen LogP contribution < -0.4 is 14.4 Å². The van der Waals surface area contributed by atoms with Gasteiger partial charge in [0.2, 0.25) is 6.79 Å². The van der Waals surface area contributed by atoms with Gasteiger partial charge in [0.25, 0.3) is 5.91 Å². The Hall–Kier alpha value is -4.23. The summed E-state index contributed by atoms with van der Waals surface area (Å²) in [5.41, 5.74) is 4.70. The predicted molar refractivity (Wildman–Crippen MR) is 136 cm³/mol. The fourth-order valence-electron chi connectivity index (χ4n) is 4.07. The molecule has 0 spiro atoms. The van der Waals surface area contributed by atoms with Gasteiger partial charge in [-0.05, 0) is 41.3 Å². The summed E-state index contributed by atoms with van der Waals surface area (Å²) in [5.74, 6) is 1.26. The monoisotopic (exact) mass is 479 g/mol. The van der Waals surface area contributed by atoms with E-state index in [1.165, 1.54) is 16.9 Å². The zero-order valence-corrected chi connectivity index (χ0v) is 19.6. The van der Waals surface area contributed by atoms with E-state index >= 15 is 0 Å². The highest BCUT2D eigenvalue weighted by Gasteiger charge is 2.24. The van der Waals surface area contributed by atoms with Gasteiger partial charge in [0.05, 0.1) is 16.8 Å². The smallest absolute Gasteiger partial charge is 0.260 e. The number of ether oxygens (including phenoxy) is 2. The second-order valence-corrected chi connectivity index (χ2v) is 9.29. The van der Waals surface area contributed by atoms with Crippen molar-refractivity contribution < 1.29 is 14.3 Å². The maximum atomic E-state index is 13.7. The molecule has 0 N–H and O–H groups in total. The fraction of sp³-hybridized carbons (Fsp3) is 0.107. The van der Waals surface area contributed by atoms with E-state index in [9.17, 15) is 4.79 Å². The van der Waals surface area contributed by atoms with Gasteiger partial charge in [0.1, 0.15) is 0 Å². The molecule has 172 valence electrons. The number of hydrogen-bond donors (Lipinski definition) is 0. The Balaban J connectivity index is 1.32. The van der Waals surface area contributed by atoms with Crippen LogP contribution in [0, 0.1) is 0 Å². The molecular formula is C28H21N3O3S. The van der Waals surface area contributed by atoms with Gasteiger partial charge in [-0.3, -0.25) is 14.7 Å². The molecule has 3 aromatic carbocycles. The Bertz CT molecular complexity index is 1440. The SMILES string of the molecule is O=C(c1ccc(Cc2ccccc2)cc1)N(Cc1cccnc1)c1nc2cc3c(cc2s1)OCO3. The summed E-state index contributed by atoms with van der Waals surface area (Å²) in [4.78, 5) is 24.4. The average Bonchev–Trinajstić information content (AvgIpc) is 3.53. The van der Waals surface area contributed by atoms with Crippen molar-refractivity contribution in [3.05, 3.63) is 114 Å². The minimum atomic E-state index is -0.112. The zero-order chi connectivity index (χ0) is 23.6. The first-order chi connectivity index (χ1) is 17.2. The summed E-state index contributed by atoms with van der Waals surface area (Å²) >= 11 is 1.46. The number of pyridine rings is 1. The van der Waals surface area contributed by atoms with Crippen LogP contribution in [0.1, 0.15) is 27.0 Å². The highest BCUT2D eigenvalue weighted by Crippen LogP contribution is 2.40. The van der Waals surface area contributed by atoms with Gasteiger partial charge >= 0.3 is 0 Å². The van der Waals surface area contributed by atoms with Crippen LogP contribution in [0.5, 0.6) is 11.5 Å². The first-order valence-electron chi connectivity index (χ1n) is 11.3. The molecule has 0 aliphatic carbocycles. The molecule has 35 heavy (non-hydrogen) atoms. The van der Waals surface area contributed by atoms with Crippen LogP contribution in [0.25, 0.3) is 10.2 Å². The number of aromatic nitrogens is 2. The number of carbonyl (C=O) groups excluding carboxylic acids is 1. The number of amides is 1. The molecule has 0 unspecified atom stereocenters. The second-order valence-electron chi connectivity index (χ2n) is 8.28. The third kappa shape index (κ3) is 4.46. The molecule has 7 heteroatoms. The molecule has 0 bridgehead atoms. The largest absolute Gasteiger partial charge is 0.454 e. The van der Waals surface area contributed by atoms with E-state index in [1.807, 2.05) is 66.7 Å². The lowest BCUT2D eigenvalue weighted by Gasteiger charge is -2.20. The van der Waals surface area contributed by atoms with Gasteiger partial charge < -0.3 is 9.47 Å². The van der Waals surface area contributed by atoms with Crippen LogP contribution in [0.3, 0.4) is 0 Å². The maximum absolute atomic E-state index is 13.7. The van der Waals surface area contributed by atoms with Crippen molar-refractivity contribution in [3.63, 3.8) is 0 Å². The van der Waals surface area contributed by atoms with Crippen molar-refractivity contribution in [2.45, 2.75) is 13.0 Å². The van der Waals surface area contributed by atoms with Crippen LogP contribution in [-0.4, -0.2) is 22.7 Å². The van der Waals surface area contributed by atoms with E-state index in [1.54, 1.807) is 17.3 Å². The van der Waals surface area contributed by atoms with E-state index in [4.69, 9.17) is 14.5 Å². The predicted octanol–water partition coefficient (Wildman–Crippen LogP) is 5.86. The summed E-state index contributed by atoms with van der Waals surface area (Å²) < 4.78 is 11.9. The first-order valence-corrected chi connectivity index (χ1v) is 12.1. The van der Waals surface area contributed by atoms with E-state index < -0.39 is 0 Å². The minimum absolute atomic E-state index is 0.112. The van der Waals surface area contributed by atoms with Crippen LogP contribution >= 0.6 is 11.3 Å². The summed E-state index contributed by atoms with van der Waals surface area (Å²) in [6, 6.07) is 25.7. The quantitative estimate of drug-likeness (QED) is 0.305. The number of hydrogen-bond acceptors (Lipinski definition) is 6. The Morgan fingerprint density at radius 1 is 0.886 bits per heavy atom. The fourth-order valence-corrected chi connectivity index (χ4v) is 5.05. The lowest BCUT2D eigenvalue weighted by molar-refractivity contribution is 0.0985. The van der Waals surface area contributed by atoms with E-state index in [0.29, 0.717) is 28.7 Å². The summed E-state index contributed by atoms with van der Waals surface area (Å²) in [7, 11) is 0. The minimum Gasteiger partial charge on any atom is -0.454 e. The van der Waals surface area contributed by atoms with Gasteiger partial charge in [0, 0.05) is 30.1 Å². The van der Waals surface area contributed by atoms with Crippen LogP contribution in [-0.2, 0) is 13.0 Å². The molecule has 3 heterocycles. The number of rotatable bonds is 6. The molecule has 0 saturated carbocycles. The van der Waals surface area contributed by atoms with Crippen molar-refractivity contribution in [2.24, 2.45) is 0 Å². The van der Waals surface area contributed by atoms with Crippen molar-refractivity contribution in [3.8, 4) is 11.5 Å². The van der Waals surface area contributed by atoms with Gasteiger partial charge in [0.15, 0.2) is 16.6 Å². The summed E-state index contributed by atoms with van der Waals surface area (Å²) in [5, 5.41) is 0.617. The number of benzene rings is 3. The van der Waals surface area contributed by atoms with Crippen LogP contribution in [0.4, 0.5) is 5.13 Å². The first kappa shape index (κ1) is 21.3. The van der Waals surface area contributed by atoms with Crippen LogP contribution in [0.15, 0.2) is 91.3 Å². The Morgan fingerprint density at radius 2 is 1.63 bits per heavy atom. The molecule has 1 aliphatic rings. The Morgan fingerprint density at radius 3 is 2.40 bits per heavy atom. The van der Waals surface area contributed by atoms with Gasteiger partial charge in [-0.1, -0.05) is 59.9 Å². The highest BCUT2D eigenvalue weighted by molar-refractivity contribution is 7.22. The number of fused-ring (bicyclic) bond motifs is 2. The molecule has 1 amide bonds. The zero-order valence-electron chi connectivity index (χ0n) is 18.8. The normalized spacial score (nSPS) is 12.1. The Labute approximate surface area is 206 Å². The lowest BCUT2D eigenvalue weighted by Crippen LogP contribution is -2.30. The molecule has 0 fully saturated rings. The molecule has 6 nitrogen and oxygen atoms in total. The average molecular weight is 480 g/mol. The molecule has 2 aromatic heterocycles. The summed E-state index contributed by atoms with van der Waals surface area (Å²) in [6.07, 6.45) is 4.31. The molecular weight excluding hydrogens is 458 g/mol. The molecule has 1 aliphatic heterocycles. The number of carbonyl (C=O) groups is 1. The van der Waals surface area contributed by atoms with E-state index in [-0.39, 0.29) is 12.7 Å². The van der Waals surface area contributed by atoms with Gasteiger partial charge in [-0.25, -0.2) is 4.98 Å². The third-order valence-corrected chi connectivity index (χ3v) is 6.90. The van der Waals surface area contributed by atoms with Gasteiger partial charge in [-0.15, -0.1) is 0 Å². The third-order valence-electron chi connectivity index (χ3n) is 5.86. The number of anilines is 1. The maximum Gasteiger partial charge on any atom is 0.260 e. The second kappa shape index (κ2) is 9.19. The standard InChI is InChI=1S/C28H21N3O3S/c32-27(22-10-8-20(9-11-22)13-19-5-2-1-3-6-19)31(17-21-7-4-12-29-16-21)28-30-23-14-24-25(34-18-33-24)15-26(23)35-28/h1-12,14-16H,13,17-18H2. The van der Waals surface area contributed by atoms with Gasteiger partial charge in [-0.2, -0.15) is 0 Å².